The molecule has 1 heterocycles. The first-order valence-electron chi connectivity index (χ1n) is 5.24. The maximum atomic E-state index is 11.6. The summed E-state index contributed by atoms with van der Waals surface area (Å²) in [4.78, 5) is 11.6. The van der Waals surface area contributed by atoms with Crippen LogP contribution in [0.4, 0.5) is 5.69 Å². The maximum Gasteiger partial charge on any atom is 0.287 e. The van der Waals surface area contributed by atoms with Crippen molar-refractivity contribution in [1.82, 2.24) is 9.78 Å². The van der Waals surface area contributed by atoms with Gasteiger partial charge in [0.05, 0.1) is 18.5 Å². The number of nitrogens with one attached hydrogen (secondary N) is 1. The maximum absolute atomic E-state index is 11.6. The first-order valence-corrected chi connectivity index (χ1v) is 5.62. The van der Waals surface area contributed by atoms with Gasteiger partial charge in [-0.25, -0.2) is 4.68 Å². The van der Waals surface area contributed by atoms with Gasteiger partial charge in [-0.2, -0.15) is 5.10 Å². The van der Waals surface area contributed by atoms with Crippen LogP contribution in [0.2, 0.25) is 5.02 Å². The normalized spacial score (nSPS) is 14.4. The van der Waals surface area contributed by atoms with Crippen molar-refractivity contribution in [1.29, 1.82) is 0 Å². The minimum atomic E-state index is -1.27. The molecule has 0 bridgehead atoms. The van der Waals surface area contributed by atoms with Gasteiger partial charge in [0.15, 0.2) is 0 Å². The summed E-state index contributed by atoms with van der Waals surface area (Å²) in [6, 6.07) is 0. The number of aryl methyl sites for hydroxylation is 1. The molecule has 1 aromatic rings. The molecule has 0 saturated carbocycles. The van der Waals surface area contributed by atoms with Crippen LogP contribution in [0, 0.1) is 0 Å². The Kier molecular flexibility index (Phi) is 4.50. The van der Waals surface area contributed by atoms with Crippen LogP contribution in [0.1, 0.15) is 13.8 Å². The van der Waals surface area contributed by atoms with E-state index in [-0.39, 0.29) is 17.1 Å². The van der Waals surface area contributed by atoms with Crippen LogP contribution in [0.5, 0.6) is 0 Å². The van der Waals surface area contributed by atoms with E-state index in [1.54, 1.807) is 6.92 Å². The number of hydrogen-bond donors (Lipinski definition) is 3. The topological polar surface area (TPSA) is 87.4 Å². The summed E-state index contributed by atoms with van der Waals surface area (Å²) in [7, 11) is 0. The molecule has 96 valence electrons. The Morgan fingerprint density at radius 3 is 2.82 bits per heavy atom. The first-order chi connectivity index (χ1) is 7.91. The van der Waals surface area contributed by atoms with E-state index >= 15 is 0 Å². The van der Waals surface area contributed by atoms with E-state index in [2.05, 4.69) is 10.4 Å². The molecule has 17 heavy (non-hydrogen) atoms. The van der Waals surface area contributed by atoms with Gasteiger partial charge in [0.1, 0.15) is 10.6 Å². The van der Waals surface area contributed by atoms with Crippen LogP contribution in [-0.4, -0.2) is 38.7 Å². The van der Waals surface area contributed by atoms with Gasteiger partial charge in [-0.1, -0.05) is 11.6 Å². The number of aromatic nitrogens is 2. The molecule has 0 aromatic carbocycles. The summed E-state index contributed by atoms with van der Waals surface area (Å²) in [5.74, 6) is 0. The molecule has 0 fully saturated rings. The van der Waals surface area contributed by atoms with Crippen LogP contribution in [0.15, 0.2) is 11.0 Å². The van der Waals surface area contributed by atoms with Gasteiger partial charge in [-0.15, -0.1) is 0 Å². The Morgan fingerprint density at radius 1 is 1.65 bits per heavy atom. The molecule has 0 amide bonds. The van der Waals surface area contributed by atoms with Crippen LogP contribution in [0.3, 0.4) is 0 Å². The predicted octanol–water partition coefficient (Wildman–Crippen LogP) is 0.0718. The molecule has 1 aromatic heterocycles. The van der Waals surface area contributed by atoms with Crippen LogP contribution in [-0.2, 0) is 6.54 Å². The molecule has 7 heteroatoms. The van der Waals surface area contributed by atoms with Gasteiger partial charge in [-0.3, -0.25) is 4.79 Å². The van der Waals surface area contributed by atoms with Gasteiger partial charge >= 0.3 is 0 Å². The highest BCUT2D eigenvalue weighted by Gasteiger charge is 2.19. The Labute approximate surface area is 104 Å². The Bertz CT molecular complexity index is 445. The van der Waals surface area contributed by atoms with Gasteiger partial charge in [0, 0.05) is 13.1 Å². The van der Waals surface area contributed by atoms with Gasteiger partial charge in [0.2, 0.25) is 0 Å². The minimum Gasteiger partial charge on any atom is -0.393 e. The monoisotopic (exact) mass is 261 g/mol. The lowest BCUT2D eigenvalue weighted by molar-refractivity contribution is 0.0132. The SMILES string of the molecule is CCn1ncc(NCC(C)(O)CO)c(Cl)c1=O. The summed E-state index contributed by atoms with van der Waals surface area (Å²) in [5.41, 5.74) is -1.32. The number of hydrogen-bond acceptors (Lipinski definition) is 5. The molecule has 0 spiro atoms. The molecule has 0 aliphatic carbocycles. The van der Waals surface area contributed by atoms with Crippen molar-refractivity contribution in [3.05, 3.63) is 21.6 Å². The highest BCUT2D eigenvalue weighted by molar-refractivity contribution is 6.32. The molecule has 3 N–H and O–H groups in total. The second-order valence-electron chi connectivity index (χ2n) is 4.00. The predicted molar refractivity (Wildman–Crippen MR) is 65.4 cm³/mol. The van der Waals surface area contributed by atoms with E-state index in [4.69, 9.17) is 16.7 Å². The molecule has 0 saturated heterocycles. The third-order valence-electron chi connectivity index (χ3n) is 2.28. The fourth-order valence-corrected chi connectivity index (χ4v) is 1.37. The van der Waals surface area contributed by atoms with Gasteiger partial charge in [-0.05, 0) is 13.8 Å². The third kappa shape index (κ3) is 3.42. The van der Waals surface area contributed by atoms with E-state index in [1.807, 2.05) is 0 Å². The zero-order valence-corrected chi connectivity index (χ0v) is 10.5. The Morgan fingerprint density at radius 2 is 2.29 bits per heavy atom. The average molecular weight is 262 g/mol. The Hall–Kier alpha value is -1.11. The summed E-state index contributed by atoms with van der Waals surface area (Å²) in [5, 5.41) is 25.2. The number of halogens is 1. The molecule has 1 unspecified atom stereocenters. The number of anilines is 1. The van der Waals surface area contributed by atoms with Crippen molar-refractivity contribution in [2.75, 3.05) is 18.5 Å². The zero-order valence-electron chi connectivity index (χ0n) is 9.77. The van der Waals surface area contributed by atoms with Crippen LogP contribution in [0.25, 0.3) is 0 Å². The molecular formula is C10H16ClN3O3. The molecule has 0 aliphatic rings. The van der Waals surface area contributed by atoms with E-state index < -0.39 is 12.2 Å². The summed E-state index contributed by atoms with van der Waals surface area (Å²) in [6.07, 6.45) is 1.42. The van der Waals surface area contributed by atoms with Crippen molar-refractivity contribution in [2.24, 2.45) is 0 Å². The fraction of sp³-hybridized carbons (Fsp3) is 0.600. The smallest absolute Gasteiger partial charge is 0.287 e. The number of nitrogens with zero attached hydrogens (tertiary/aromatic N) is 2. The summed E-state index contributed by atoms with van der Waals surface area (Å²) in [6.45, 7) is 3.37. The van der Waals surface area contributed by atoms with Crippen LogP contribution < -0.4 is 10.9 Å². The first kappa shape index (κ1) is 14.0. The quantitative estimate of drug-likeness (QED) is 0.698. The lowest BCUT2D eigenvalue weighted by Gasteiger charge is -2.21. The van der Waals surface area contributed by atoms with Crippen LogP contribution >= 0.6 is 11.6 Å². The lowest BCUT2D eigenvalue weighted by atomic mass is 10.1. The standard InChI is InChI=1S/C10H16ClN3O3/c1-3-14-9(16)8(11)7(4-13-14)12-5-10(2,17)6-15/h4,12,15,17H,3,5-6H2,1-2H3. The second kappa shape index (κ2) is 5.48. The average Bonchev–Trinajstić information content (AvgIpc) is 2.31. The molecular weight excluding hydrogens is 246 g/mol. The zero-order chi connectivity index (χ0) is 13.1. The number of aliphatic hydroxyl groups excluding tert-OH is 1. The molecule has 0 aliphatic heterocycles. The molecule has 6 nitrogen and oxygen atoms in total. The second-order valence-corrected chi connectivity index (χ2v) is 4.38. The van der Waals surface area contributed by atoms with Gasteiger partial charge in [0.25, 0.3) is 5.56 Å². The van der Waals surface area contributed by atoms with E-state index in [1.165, 1.54) is 17.8 Å². The fourth-order valence-electron chi connectivity index (χ4n) is 1.16. The van der Waals surface area contributed by atoms with Gasteiger partial charge < -0.3 is 15.5 Å². The van der Waals surface area contributed by atoms with Crippen molar-refractivity contribution >= 4 is 17.3 Å². The van der Waals surface area contributed by atoms with Crippen molar-refractivity contribution in [3.63, 3.8) is 0 Å². The van der Waals surface area contributed by atoms with Crippen molar-refractivity contribution in [3.8, 4) is 0 Å². The molecule has 1 rings (SSSR count). The largest absolute Gasteiger partial charge is 0.393 e. The third-order valence-corrected chi connectivity index (χ3v) is 2.65. The molecule has 1 atom stereocenters. The lowest BCUT2D eigenvalue weighted by Crippen LogP contribution is -2.37. The highest BCUT2D eigenvalue weighted by Crippen LogP contribution is 2.16. The summed E-state index contributed by atoms with van der Waals surface area (Å²) >= 11 is 5.87. The number of aliphatic hydroxyl groups is 2. The highest BCUT2D eigenvalue weighted by atomic mass is 35.5. The van der Waals surface area contributed by atoms with Crippen molar-refractivity contribution < 1.29 is 10.2 Å². The van der Waals surface area contributed by atoms with E-state index in [0.29, 0.717) is 12.2 Å². The minimum absolute atomic E-state index is 0.0237. The van der Waals surface area contributed by atoms with E-state index in [0.717, 1.165) is 0 Å². The number of rotatable bonds is 5. The molecule has 0 radical (unpaired) electrons. The van der Waals surface area contributed by atoms with E-state index in [9.17, 15) is 9.90 Å². The van der Waals surface area contributed by atoms with Crippen molar-refractivity contribution in [2.45, 2.75) is 26.0 Å². The summed E-state index contributed by atoms with van der Waals surface area (Å²) < 4.78 is 1.23. The Balaban J connectivity index is 2.87.